The number of ether oxygens (including phenoxy) is 2. The molecular formula is C23H22N4O6. The van der Waals surface area contributed by atoms with Gasteiger partial charge in [-0.05, 0) is 36.8 Å². The lowest BCUT2D eigenvalue weighted by Gasteiger charge is -2.26. The minimum atomic E-state index is -0.770. The summed E-state index contributed by atoms with van der Waals surface area (Å²) in [5.74, 6) is -0.109. The van der Waals surface area contributed by atoms with Crippen LogP contribution in [0.5, 0.6) is 11.5 Å². The van der Waals surface area contributed by atoms with E-state index in [1.165, 1.54) is 20.4 Å². The number of aromatic nitrogens is 2. The number of carbonyl (C=O) groups is 3. The Balaban J connectivity index is 1.80. The molecule has 0 bridgehead atoms. The molecule has 33 heavy (non-hydrogen) atoms. The van der Waals surface area contributed by atoms with Gasteiger partial charge in [-0.3, -0.25) is 19.3 Å². The maximum Gasteiger partial charge on any atom is 0.264 e. The zero-order valence-corrected chi connectivity index (χ0v) is 18.3. The summed E-state index contributed by atoms with van der Waals surface area (Å²) in [7, 11) is 1.53. The van der Waals surface area contributed by atoms with Crippen molar-refractivity contribution in [1.29, 1.82) is 0 Å². The Bertz CT molecular complexity index is 1210. The van der Waals surface area contributed by atoms with Crippen LogP contribution in [-0.2, 0) is 11.2 Å². The second kappa shape index (κ2) is 9.11. The number of anilines is 1. The van der Waals surface area contributed by atoms with Crippen molar-refractivity contribution in [2.45, 2.75) is 26.3 Å². The van der Waals surface area contributed by atoms with E-state index in [0.29, 0.717) is 23.7 Å². The second-order valence-electron chi connectivity index (χ2n) is 7.29. The van der Waals surface area contributed by atoms with Crippen LogP contribution in [0.4, 0.5) is 5.69 Å². The number of methoxy groups -OCH3 is 1. The van der Waals surface area contributed by atoms with E-state index >= 15 is 0 Å². The lowest BCUT2D eigenvalue weighted by Crippen LogP contribution is -2.35. The molecule has 2 aromatic carbocycles. The summed E-state index contributed by atoms with van der Waals surface area (Å²) >= 11 is 0. The van der Waals surface area contributed by atoms with E-state index in [-0.39, 0.29) is 35.0 Å². The van der Waals surface area contributed by atoms with Crippen LogP contribution in [0, 0.1) is 0 Å². The maximum atomic E-state index is 13.5. The number of fused-ring (bicyclic) bond motifs is 1. The molecule has 10 nitrogen and oxygen atoms in total. The fourth-order valence-corrected chi connectivity index (χ4v) is 3.86. The Labute approximate surface area is 189 Å². The largest absolute Gasteiger partial charge is 0.493 e. The number of amides is 3. The van der Waals surface area contributed by atoms with E-state index in [4.69, 9.17) is 13.9 Å². The van der Waals surface area contributed by atoms with Crippen molar-refractivity contribution in [3.05, 3.63) is 65.4 Å². The summed E-state index contributed by atoms with van der Waals surface area (Å²) in [5, 5.41) is 10.2. The summed E-state index contributed by atoms with van der Waals surface area (Å²) in [5.41, 5.74) is 1.25. The van der Waals surface area contributed by atoms with E-state index < -0.39 is 17.9 Å². The van der Waals surface area contributed by atoms with E-state index in [1.54, 1.807) is 36.4 Å². The van der Waals surface area contributed by atoms with Gasteiger partial charge in [0.05, 0.1) is 43.0 Å². The first-order valence-electron chi connectivity index (χ1n) is 10.3. The smallest absolute Gasteiger partial charge is 0.264 e. The molecule has 0 fully saturated rings. The van der Waals surface area contributed by atoms with Crippen LogP contribution in [-0.4, -0.2) is 46.5 Å². The van der Waals surface area contributed by atoms with Gasteiger partial charge in [0, 0.05) is 6.92 Å². The summed E-state index contributed by atoms with van der Waals surface area (Å²) < 4.78 is 16.3. The molecule has 2 heterocycles. The Morgan fingerprint density at radius 3 is 2.67 bits per heavy atom. The molecule has 1 aromatic heterocycles. The molecule has 0 saturated carbocycles. The normalized spacial score (nSPS) is 13.6. The van der Waals surface area contributed by atoms with Crippen molar-refractivity contribution in [1.82, 2.24) is 15.1 Å². The minimum absolute atomic E-state index is 0.0961. The SMILES string of the molecule is CCOc1cc([C@@H](Cc2nnco2)N2C(=O)c3cccc(NC(C)=O)c3C2=O)ccc1OC. The Morgan fingerprint density at radius 2 is 2.00 bits per heavy atom. The van der Waals surface area contributed by atoms with Crippen molar-refractivity contribution < 1.29 is 28.3 Å². The summed E-state index contributed by atoms with van der Waals surface area (Å²) in [6.45, 7) is 3.58. The molecule has 3 aromatic rings. The van der Waals surface area contributed by atoms with Gasteiger partial charge in [0.15, 0.2) is 11.5 Å². The van der Waals surface area contributed by atoms with Crippen molar-refractivity contribution in [2.24, 2.45) is 0 Å². The highest BCUT2D eigenvalue weighted by atomic mass is 16.5. The molecule has 0 saturated heterocycles. The monoisotopic (exact) mass is 450 g/mol. The standard InChI is InChI=1S/C23H22N4O6/c1-4-32-19-10-14(8-9-18(19)31-3)17(11-20-26-24-12-33-20)27-22(29)15-6-5-7-16(25-13(2)28)21(15)23(27)30/h5-10,12,17H,4,11H2,1-3H3,(H,25,28)/t17-/m1/s1. The lowest BCUT2D eigenvalue weighted by molar-refractivity contribution is -0.114. The fourth-order valence-electron chi connectivity index (χ4n) is 3.86. The van der Waals surface area contributed by atoms with Gasteiger partial charge in [0.25, 0.3) is 11.8 Å². The highest BCUT2D eigenvalue weighted by Crippen LogP contribution is 2.39. The maximum absolute atomic E-state index is 13.5. The van der Waals surface area contributed by atoms with Gasteiger partial charge in [-0.15, -0.1) is 10.2 Å². The topological polar surface area (TPSA) is 124 Å². The fraction of sp³-hybridized carbons (Fsp3) is 0.261. The van der Waals surface area contributed by atoms with Crippen molar-refractivity contribution in [3.63, 3.8) is 0 Å². The first kappa shape index (κ1) is 22.0. The van der Waals surface area contributed by atoms with Crippen LogP contribution in [0.3, 0.4) is 0 Å². The average Bonchev–Trinajstić information content (AvgIpc) is 3.39. The van der Waals surface area contributed by atoms with Crippen molar-refractivity contribution >= 4 is 23.4 Å². The van der Waals surface area contributed by atoms with Gasteiger partial charge in [0.2, 0.25) is 18.2 Å². The molecular weight excluding hydrogens is 428 g/mol. The van der Waals surface area contributed by atoms with E-state index in [9.17, 15) is 14.4 Å². The molecule has 0 aliphatic carbocycles. The van der Waals surface area contributed by atoms with Crippen LogP contribution in [0.2, 0.25) is 0 Å². The Hall–Kier alpha value is -4.21. The summed E-state index contributed by atoms with van der Waals surface area (Å²) in [6, 6.07) is 9.18. The van der Waals surface area contributed by atoms with E-state index in [1.807, 2.05) is 6.92 Å². The minimum Gasteiger partial charge on any atom is -0.493 e. The molecule has 0 unspecified atom stereocenters. The molecule has 0 spiro atoms. The number of carbonyl (C=O) groups excluding carboxylic acids is 3. The van der Waals surface area contributed by atoms with Crippen molar-refractivity contribution in [2.75, 3.05) is 19.0 Å². The van der Waals surface area contributed by atoms with Gasteiger partial charge in [-0.2, -0.15) is 0 Å². The number of hydrogen-bond donors (Lipinski definition) is 1. The summed E-state index contributed by atoms with van der Waals surface area (Å²) in [6.07, 6.45) is 1.28. The lowest BCUT2D eigenvalue weighted by atomic mass is 10.0. The molecule has 1 aliphatic heterocycles. The van der Waals surface area contributed by atoms with Gasteiger partial charge >= 0.3 is 0 Å². The van der Waals surface area contributed by atoms with E-state index in [0.717, 1.165) is 4.90 Å². The predicted molar refractivity (Wildman–Crippen MR) is 116 cm³/mol. The molecule has 1 atom stereocenters. The van der Waals surface area contributed by atoms with Crippen LogP contribution >= 0.6 is 0 Å². The third-order valence-electron chi connectivity index (χ3n) is 5.21. The first-order chi connectivity index (χ1) is 15.9. The van der Waals surface area contributed by atoms with E-state index in [2.05, 4.69) is 15.5 Å². The molecule has 4 rings (SSSR count). The van der Waals surface area contributed by atoms with Gasteiger partial charge in [-0.1, -0.05) is 12.1 Å². The molecule has 10 heteroatoms. The zero-order chi connectivity index (χ0) is 23.5. The number of imide groups is 1. The number of nitrogens with zero attached hydrogens (tertiary/aromatic N) is 3. The van der Waals surface area contributed by atoms with Gasteiger partial charge in [-0.25, -0.2) is 0 Å². The Morgan fingerprint density at radius 1 is 1.18 bits per heavy atom. The van der Waals surface area contributed by atoms with Crippen LogP contribution in [0.15, 0.2) is 47.2 Å². The molecule has 170 valence electrons. The highest BCUT2D eigenvalue weighted by molar-refractivity contribution is 6.24. The predicted octanol–water partition coefficient (Wildman–Crippen LogP) is 3.02. The summed E-state index contributed by atoms with van der Waals surface area (Å²) in [4.78, 5) is 39.7. The molecule has 1 N–H and O–H groups in total. The van der Waals surface area contributed by atoms with Crippen LogP contribution in [0.1, 0.15) is 52.1 Å². The number of rotatable bonds is 8. The average molecular weight is 450 g/mol. The quantitative estimate of drug-likeness (QED) is 0.520. The molecule has 1 aliphatic rings. The molecule has 0 radical (unpaired) electrons. The van der Waals surface area contributed by atoms with Crippen molar-refractivity contribution in [3.8, 4) is 11.5 Å². The Kier molecular flexibility index (Phi) is 6.07. The van der Waals surface area contributed by atoms with Gasteiger partial charge in [0.1, 0.15) is 0 Å². The van der Waals surface area contributed by atoms with Crippen LogP contribution in [0.25, 0.3) is 0 Å². The third kappa shape index (κ3) is 4.14. The number of hydrogen-bond acceptors (Lipinski definition) is 8. The third-order valence-corrected chi connectivity index (χ3v) is 5.21. The number of benzene rings is 2. The first-order valence-corrected chi connectivity index (χ1v) is 10.3. The number of nitrogens with one attached hydrogen (secondary N) is 1. The second-order valence-corrected chi connectivity index (χ2v) is 7.29. The zero-order valence-electron chi connectivity index (χ0n) is 18.3. The van der Waals surface area contributed by atoms with Crippen LogP contribution < -0.4 is 14.8 Å². The highest BCUT2D eigenvalue weighted by Gasteiger charge is 2.43. The molecule has 3 amide bonds. The van der Waals surface area contributed by atoms with Gasteiger partial charge < -0.3 is 19.2 Å².